The van der Waals surface area contributed by atoms with E-state index in [9.17, 15) is 14.0 Å². The third kappa shape index (κ3) is 4.97. The molecule has 3 aromatic rings. The number of ketones is 1. The minimum atomic E-state index is -0.393. The van der Waals surface area contributed by atoms with Crippen molar-refractivity contribution < 1.29 is 14.0 Å². The predicted molar refractivity (Wildman–Crippen MR) is 105 cm³/mol. The molecule has 0 aliphatic heterocycles. The van der Waals surface area contributed by atoms with E-state index in [0.29, 0.717) is 29.8 Å². The Morgan fingerprint density at radius 1 is 1.04 bits per heavy atom. The highest BCUT2D eigenvalue weighted by molar-refractivity contribution is 6.03. The molecule has 0 unspecified atom stereocenters. The number of nitrogens with one attached hydrogen (secondary N) is 2. The molecule has 28 heavy (non-hydrogen) atoms. The molecule has 0 fully saturated rings. The first-order valence-corrected chi connectivity index (χ1v) is 8.75. The average Bonchev–Trinajstić information content (AvgIpc) is 2.70. The molecular weight excluding hydrogens is 359 g/mol. The third-order valence-corrected chi connectivity index (χ3v) is 4.07. The molecule has 142 valence electrons. The number of aromatic nitrogens is 2. The van der Waals surface area contributed by atoms with E-state index in [1.54, 1.807) is 42.5 Å². The molecule has 0 spiro atoms. The van der Waals surface area contributed by atoms with Gasteiger partial charge in [0.25, 0.3) is 5.91 Å². The van der Waals surface area contributed by atoms with Crippen molar-refractivity contribution in [2.24, 2.45) is 0 Å². The average molecular weight is 378 g/mol. The van der Waals surface area contributed by atoms with Gasteiger partial charge in [0.15, 0.2) is 5.78 Å². The van der Waals surface area contributed by atoms with Crippen LogP contribution in [-0.4, -0.2) is 28.2 Å². The Morgan fingerprint density at radius 2 is 1.79 bits per heavy atom. The number of hydrogen-bond acceptors (Lipinski definition) is 5. The van der Waals surface area contributed by atoms with Gasteiger partial charge in [0.1, 0.15) is 11.5 Å². The monoisotopic (exact) mass is 378 g/mol. The number of anilines is 2. The van der Waals surface area contributed by atoms with Crippen molar-refractivity contribution in [3.05, 3.63) is 83.4 Å². The van der Waals surface area contributed by atoms with Gasteiger partial charge in [0, 0.05) is 24.0 Å². The Labute approximate surface area is 161 Å². The highest BCUT2D eigenvalue weighted by Gasteiger charge is 2.10. The maximum atomic E-state index is 13.6. The van der Waals surface area contributed by atoms with Crippen LogP contribution in [0.5, 0.6) is 0 Å². The quantitative estimate of drug-likeness (QED) is 0.612. The van der Waals surface area contributed by atoms with E-state index < -0.39 is 5.91 Å². The summed E-state index contributed by atoms with van der Waals surface area (Å²) in [5, 5.41) is 5.72. The second kappa shape index (κ2) is 8.85. The predicted octanol–water partition coefficient (Wildman–Crippen LogP) is 3.73. The fraction of sp³-hybridized carbons (Fsp3) is 0.143. The molecular formula is C21H19FN4O2. The van der Waals surface area contributed by atoms with Crippen molar-refractivity contribution in [3.8, 4) is 0 Å². The second-order valence-electron chi connectivity index (χ2n) is 6.12. The van der Waals surface area contributed by atoms with Crippen molar-refractivity contribution in [1.29, 1.82) is 0 Å². The molecule has 1 heterocycles. The normalized spacial score (nSPS) is 10.4. The standard InChI is InChI=1S/C21H19FN4O2/c1-14(27)15-6-8-17(9-7-15)25-20(28)19-11-13-24-21(26-19)23-12-10-16-4-2-3-5-18(16)22/h2-9,11,13H,10,12H2,1H3,(H,25,28)(H,23,24,26). The number of hydrogen-bond donors (Lipinski definition) is 2. The summed E-state index contributed by atoms with van der Waals surface area (Å²) in [7, 11) is 0. The summed E-state index contributed by atoms with van der Waals surface area (Å²) in [6, 6.07) is 14.7. The number of benzene rings is 2. The molecule has 0 saturated heterocycles. The van der Waals surface area contributed by atoms with Crippen molar-refractivity contribution in [2.75, 3.05) is 17.2 Å². The van der Waals surface area contributed by atoms with Gasteiger partial charge in [-0.15, -0.1) is 0 Å². The lowest BCUT2D eigenvalue weighted by Crippen LogP contribution is -2.16. The fourth-order valence-corrected chi connectivity index (χ4v) is 2.56. The zero-order valence-corrected chi connectivity index (χ0v) is 15.3. The number of carbonyl (C=O) groups excluding carboxylic acids is 2. The van der Waals surface area contributed by atoms with Crippen LogP contribution in [0.15, 0.2) is 60.8 Å². The van der Waals surface area contributed by atoms with E-state index in [-0.39, 0.29) is 23.2 Å². The van der Waals surface area contributed by atoms with Gasteiger partial charge in [0.2, 0.25) is 5.95 Å². The Bertz CT molecular complexity index is 990. The summed E-state index contributed by atoms with van der Waals surface area (Å²) in [6.45, 7) is 1.91. The lowest BCUT2D eigenvalue weighted by molar-refractivity contribution is 0.101. The first-order chi connectivity index (χ1) is 13.5. The van der Waals surface area contributed by atoms with Crippen LogP contribution in [0.3, 0.4) is 0 Å². The fourth-order valence-electron chi connectivity index (χ4n) is 2.56. The zero-order valence-electron chi connectivity index (χ0n) is 15.3. The molecule has 2 aromatic carbocycles. The Balaban J connectivity index is 1.59. The van der Waals surface area contributed by atoms with E-state index in [1.807, 2.05) is 0 Å². The summed E-state index contributed by atoms with van der Waals surface area (Å²) in [5.41, 5.74) is 1.92. The number of nitrogens with zero attached hydrogens (tertiary/aromatic N) is 2. The van der Waals surface area contributed by atoms with E-state index in [4.69, 9.17) is 0 Å². The van der Waals surface area contributed by atoms with Crippen LogP contribution in [0.2, 0.25) is 0 Å². The molecule has 2 N–H and O–H groups in total. The van der Waals surface area contributed by atoms with Crippen LogP contribution in [0.4, 0.5) is 16.0 Å². The summed E-state index contributed by atoms with van der Waals surface area (Å²) in [4.78, 5) is 31.9. The summed E-state index contributed by atoms with van der Waals surface area (Å²) < 4.78 is 13.6. The Kier molecular flexibility index (Phi) is 6.06. The molecule has 3 rings (SSSR count). The number of amides is 1. The van der Waals surface area contributed by atoms with Crippen LogP contribution < -0.4 is 10.6 Å². The smallest absolute Gasteiger partial charge is 0.274 e. The van der Waals surface area contributed by atoms with E-state index in [1.165, 1.54) is 25.3 Å². The van der Waals surface area contributed by atoms with Crippen molar-refractivity contribution in [1.82, 2.24) is 9.97 Å². The second-order valence-corrected chi connectivity index (χ2v) is 6.12. The van der Waals surface area contributed by atoms with Crippen LogP contribution in [0.1, 0.15) is 33.3 Å². The Morgan fingerprint density at radius 3 is 2.50 bits per heavy atom. The molecule has 1 aromatic heterocycles. The lowest BCUT2D eigenvalue weighted by Gasteiger charge is -2.08. The van der Waals surface area contributed by atoms with E-state index >= 15 is 0 Å². The molecule has 1 amide bonds. The molecule has 0 aliphatic rings. The SMILES string of the molecule is CC(=O)c1ccc(NC(=O)c2ccnc(NCCc3ccccc3F)n2)cc1. The van der Waals surface area contributed by atoms with Gasteiger partial charge in [-0.05, 0) is 55.3 Å². The van der Waals surface area contributed by atoms with Gasteiger partial charge >= 0.3 is 0 Å². The first kappa shape index (κ1) is 19.2. The minimum Gasteiger partial charge on any atom is -0.354 e. The molecule has 0 radical (unpaired) electrons. The van der Waals surface area contributed by atoms with Gasteiger partial charge in [-0.2, -0.15) is 0 Å². The van der Waals surface area contributed by atoms with Crippen LogP contribution >= 0.6 is 0 Å². The van der Waals surface area contributed by atoms with Gasteiger partial charge in [-0.3, -0.25) is 9.59 Å². The highest BCUT2D eigenvalue weighted by atomic mass is 19.1. The Hall–Kier alpha value is -3.61. The number of halogens is 1. The zero-order chi connectivity index (χ0) is 19.9. The molecule has 0 atom stereocenters. The molecule has 7 heteroatoms. The molecule has 0 bridgehead atoms. The maximum Gasteiger partial charge on any atom is 0.274 e. The number of carbonyl (C=O) groups is 2. The summed E-state index contributed by atoms with van der Waals surface area (Å²) in [6.07, 6.45) is 1.95. The summed E-state index contributed by atoms with van der Waals surface area (Å²) >= 11 is 0. The summed E-state index contributed by atoms with van der Waals surface area (Å²) in [5.74, 6) is -0.403. The first-order valence-electron chi connectivity index (χ1n) is 8.75. The largest absolute Gasteiger partial charge is 0.354 e. The van der Waals surface area contributed by atoms with Gasteiger partial charge in [-0.25, -0.2) is 14.4 Å². The maximum absolute atomic E-state index is 13.6. The van der Waals surface area contributed by atoms with Crippen LogP contribution in [0.25, 0.3) is 0 Å². The molecule has 0 aliphatic carbocycles. The minimum absolute atomic E-state index is 0.0419. The van der Waals surface area contributed by atoms with Crippen molar-refractivity contribution in [2.45, 2.75) is 13.3 Å². The van der Waals surface area contributed by atoms with Gasteiger partial charge in [0.05, 0.1) is 0 Å². The topological polar surface area (TPSA) is 84.0 Å². The van der Waals surface area contributed by atoms with E-state index in [2.05, 4.69) is 20.6 Å². The lowest BCUT2D eigenvalue weighted by atomic mass is 10.1. The number of rotatable bonds is 7. The van der Waals surface area contributed by atoms with Crippen molar-refractivity contribution in [3.63, 3.8) is 0 Å². The number of Topliss-reactive ketones (excluding diaryl/α,β-unsaturated/α-hetero) is 1. The van der Waals surface area contributed by atoms with Crippen LogP contribution in [-0.2, 0) is 6.42 Å². The van der Waals surface area contributed by atoms with Crippen LogP contribution in [0, 0.1) is 5.82 Å². The highest BCUT2D eigenvalue weighted by Crippen LogP contribution is 2.12. The van der Waals surface area contributed by atoms with E-state index in [0.717, 1.165) is 0 Å². The van der Waals surface area contributed by atoms with Gasteiger partial charge in [-0.1, -0.05) is 18.2 Å². The van der Waals surface area contributed by atoms with Crippen molar-refractivity contribution >= 4 is 23.3 Å². The van der Waals surface area contributed by atoms with Gasteiger partial charge < -0.3 is 10.6 Å². The molecule has 6 nitrogen and oxygen atoms in total. The third-order valence-electron chi connectivity index (χ3n) is 4.07. The molecule has 0 saturated carbocycles.